The summed E-state index contributed by atoms with van der Waals surface area (Å²) >= 11 is 1.53. The number of nitrogens with zero attached hydrogens (tertiary/aromatic N) is 1. The van der Waals surface area contributed by atoms with Crippen LogP contribution in [0.4, 0.5) is 5.69 Å². The predicted molar refractivity (Wildman–Crippen MR) is 87.1 cm³/mol. The van der Waals surface area contributed by atoms with Crippen LogP contribution in [0, 0.1) is 0 Å². The molecule has 7 heteroatoms. The lowest BCUT2D eigenvalue weighted by Gasteiger charge is -2.07. The Kier molecular flexibility index (Phi) is 4.20. The lowest BCUT2D eigenvalue weighted by molar-refractivity contribution is -0.115. The fourth-order valence-electron chi connectivity index (χ4n) is 2.10. The van der Waals surface area contributed by atoms with Crippen LogP contribution < -0.4 is 11.1 Å². The molecule has 23 heavy (non-hydrogen) atoms. The molecule has 2 heterocycles. The second-order valence-corrected chi connectivity index (χ2v) is 5.74. The van der Waals surface area contributed by atoms with Gasteiger partial charge in [-0.3, -0.25) is 9.59 Å². The fourth-order valence-corrected chi connectivity index (χ4v) is 2.77. The van der Waals surface area contributed by atoms with Gasteiger partial charge in [-0.05, 0) is 23.6 Å². The molecule has 6 nitrogen and oxygen atoms in total. The van der Waals surface area contributed by atoms with Gasteiger partial charge in [-0.1, -0.05) is 23.4 Å². The summed E-state index contributed by atoms with van der Waals surface area (Å²) in [6.07, 6.45) is 0.0436. The molecule has 0 fully saturated rings. The Hall–Kier alpha value is -2.93. The van der Waals surface area contributed by atoms with Gasteiger partial charge in [0.15, 0.2) is 5.76 Å². The maximum absolute atomic E-state index is 12.1. The molecule has 0 saturated carbocycles. The van der Waals surface area contributed by atoms with E-state index >= 15 is 0 Å². The molecular formula is C16H13N3O3S. The number of carbonyl (C=O) groups excluding carboxylic acids is 2. The normalized spacial score (nSPS) is 10.4. The number of primary amides is 1. The first-order valence-corrected chi connectivity index (χ1v) is 7.69. The number of thiophene rings is 1. The third-order valence-electron chi connectivity index (χ3n) is 3.13. The number of rotatable bonds is 5. The number of hydrogen-bond donors (Lipinski definition) is 2. The maximum Gasteiger partial charge on any atom is 0.250 e. The monoisotopic (exact) mass is 327 g/mol. The molecule has 0 aliphatic carbocycles. The van der Waals surface area contributed by atoms with Crippen molar-refractivity contribution < 1.29 is 14.1 Å². The molecule has 3 aromatic rings. The minimum absolute atomic E-state index is 0.0436. The van der Waals surface area contributed by atoms with E-state index in [1.165, 1.54) is 11.3 Å². The number of hydrogen-bond acceptors (Lipinski definition) is 5. The summed E-state index contributed by atoms with van der Waals surface area (Å²) in [7, 11) is 0. The summed E-state index contributed by atoms with van der Waals surface area (Å²) in [5.74, 6) is -0.271. The van der Waals surface area contributed by atoms with Gasteiger partial charge in [0, 0.05) is 6.07 Å². The summed E-state index contributed by atoms with van der Waals surface area (Å²) in [4.78, 5) is 24.4. The van der Waals surface area contributed by atoms with Crippen molar-refractivity contribution in [3.63, 3.8) is 0 Å². The Morgan fingerprint density at radius 3 is 2.78 bits per heavy atom. The van der Waals surface area contributed by atoms with E-state index in [4.69, 9.17) is 10.3 Å². The summed E-state index contributed by atoms with van der Waals surface area (Å²) in [5.41, 5.74) is 6.45. The number of benzene rings is 1. The van der Waals surface area contributed by atoms with Crippen LogP contribution in [-0.4, -0.2) is 17.0 Å². The van der Waals surface area contributed by atoms with Gasteiger partial charge >= 0.3 is 0 Å². The third-order valence-corrected chi connectivity index (χ3v) is 4.02. The second-order valence-electron chi connectivity index (χ2n) is 4.79. The first-order chi connectivity index (χ1) is 11.1. The van der Waals surface area contributed by atoms with E-state index in [1.807, 2.05) is 17.5 Å². The van der Waals surface area contributed by atoms with Crippen molar-refractivity contribution in [3.8, 4) is 10.6 Å². The van der Waals surface area contributed by atoms with Crippen LogP contribution in [0.15, 0.2) is 52.4 Å². The number of para-hydroxylation sites is 1. The molecule has 116 valence electrons. The predicted octanol–water partition coefficient (Wildman–Crippen LogP) is 2.68. The van der Waals surface area contributed by atoms with Gasteiger partial charge in [-0.25, -0.2) is 0 Å². The SMILES string of the molecule is NC(=O)c1ccccc1NC(=O)Cc1cc(-c2cccs2)on1. The van der Waals surface area contributed by atoms with E-state index in [0.717, 1.165) is 4.88 Å². The van der Waals surface area contributed by atoms with Crippen molar-refractivity contribution in [2.24, 2.45) is 5.73 Å². The number of aromatic nitrogens is 1. The molecule has 2 aromatic heterocycles. The molecule has 3 N–H and O–H groups in total. The molecule has 0 unspecified atom stereocenters. The highest BCUT2D eigenvalue weighted by atomic mass is 32.1. The third kappa shape index (κ3) is 3.46. The minimum atomic E-state index is -0.595. The van der Waals surface area contributed by atoms with E-state index in [2.05, 4.69) is 10.5 Å². The van der Waals surface area contributed by atoms with Crippen molar-refractivity contribution in [3.05, 3.63) is 59.1 Å². The van der Waals surface area contributed by atoms with E-state index in [9.17, 15) is 9.59 Å². The topological polar surface area (TPSA) is 98.2 Å². The van der Waals surface area contributed by atoms with Crippen LogP contribution in [0.25, 0.3) is 10.6 Å². The molecule has 0 aliphatic rings. The van der Waals surface area contributed by atoms with Crippen LogP contribution in [0.2, 0.25) is 0 Å². The van der Waals surface area contributed by atoms with E-state index in [-0.39, 0.29) is 17.9 Å². The average molecular weight is 327 g/mol. The molecule has 2 amide bonds. The molecule has 0 spiro atoms. The number of anilines is 1. The highest BCUT2D eigenvalue weighted by Gasteiger charge is 2.14. The molecule has 0 radical (unpaired) electrons. The summed E-state index contributed by atoms with van der Waals surface area (Å²) < 4.78 is 5.23. The Morgan fingerprint density at radius 1 is 1.22 bits per heavy atom. The first-order valence-electron chi connectivity index (χ1n) is 6.81. The van der Waals surface area contributed by atoms with Crippen molar-refractivity contribution in [2.75, 3.05) is 5.32 Å². The van der Waals surface area contributed by atoms with Crippen LogP contribution in [0.3, 0.4) is 0 Å². The largest absolute Gasteiger partial charge is 0.366 e. The number of nitrogens with one attached hydrogen (secondary N) is 1. The smallest absolute Gasteiger partial charge is 0.250 e. The van der Waals surface area contributed by atoms with Crippen LogP contribution >= 0.6 is 11.3 Å². The number of nitrogens with two attached hydrogens (primary N) is 1. The van der Waals surface area contributed by atoms with Crippen LogP contribution in [0.5, 0.6) is 0 Å². The Bertz CT molecular complexity index is 840. The zero-order valence-corrected chi connectivity index (χ0v) is 12.8. The number of carbonyl (C=O) groups is 2. The Morgan fingerprint density at radius 2 is 2.04 bits per heavy atom. The van der Waals surface area contributed by atoms with Crippen molar-refractivity contribution in [2.45, 2.75) is 6.42 Å². The van der Waals surface area contributed by atoms with Gasteiger partial charge in [0.1, 0.15) is 0 Å². The van der Waals surface area contributed by atoms with E-state index < -0.39 is 5.91 Å². The summed E-state index contributed by atoms with van der Waals surface area (Å²) in [5, 5.41) is 8.49. The molecular weight excluding hydrogens is 314 g/mol. The number of amides is 2. The summed E-state index contributed by atoms with van der Waals surface area (Å²) in [6.45, 7) is 0. The Labute approximate surface area is 135 Å². The quantitative estimate of drug-likeness (QED) is 0.752. The van der Waals surface area contributed by atoms with Crippen molar-refractivity contribution in [1.29, 1.82) is 0 Å². The molecule has 0 atom stereocenters. The van der Waals surface area contributed by atoms with Gasteiger partial charge in [-0.2, -0.15) is 0 Å². The van der Waals surface area contributed by atoms with Crippen molar-refractivity contribution >= 4 is 28.8 Å². The van der Waals surface area contributed by atoms with Gasteiger partial charge in [0.05, 0.1) is 28.2 Å². The molecule has 0 bridgehead atoms. The van der Waals surface area contributed by atoms with Gasteiger partial charge in [-0.15, -0.1) is 11.3 Å². The highest BCUT2D eigenvalue weighted by Crippen LogP contribution is 2.25. The molecule has 0 saturated heterocycles. The molecule has 3 rings (SSSR count). The fraction of sp³-hybridized carbons (Fsp3) is 0.0625. The second kappa shape index (κ2) is 6.45. The lowest BCUT2D eigenvalue weighted by atomic mass is 10.1. The highest BCUT2D eigenvalue weighted by molar-refractivity contribution is 7.13. The van der Waals surface area contributed by atoms with E-state index in [0.29, 0.717) is 17.1 Å². The standard InChI is InChI=1S/C16H13N3O3S/c17-16(21)11-4-1-2-5-12(11)18-15(20)9-10-8-13(22-19-10)14-6-3-7-23-14/h1-8H,9H2,(H2,17,21)(H,18,20). The molecule has 0 aliphatic heterocycles. The minimum Gasteiger partial charge on any atom is -0.366 e. The maximum atomic E-state index is 12.1. The average Bonchev–Trinajstić information content (AvgIpc) is 3.18. The zero-order chi connectivity index (χ0) is 16.2. The molecule has 1 aromatic carbocycles. The zero-order valence-electron chi connectivity index (χ0n) is 12.0. The van der Waals surface area contributed by atoms with Gasteiger partial charge in [0.2, 0.25) is 5.91 Å². The van der Waals surface area contributed by atoms with Crippen LogP contribution in [0.1, 0.15) is 16.1 Å². The van der Waals surface area contributed by atoms with Gasteiger partial charge < -0.3 is 15.6 Å². The summed E-state index contributed by atoms with van der Waals surface area (Å²) in [6, 6.07) is 12.1. The van der Waals surface area contributed by atoms with Gasteiger partial charge in [0.25, 0.3) is 5.91 Å². The Balaban J connectivity index is 1.70. The van der Waals surface area contributed by atoms with Crippen molar-refractivity contribution in [1.82, 2.24) is 5.16 Å². The van der Waals surface area contributed by atoms with E-state index in [1.54, 1.807) is 30.3 Å². The first kappa shape index (κ1) is 15.0. The lowest BCUT2D eigenvalue weighted by Crippen LogP contribution is -2.19. The van der Waals surface area contributed by atoms with Crippen LogP contribution in [-0.2, 0) is 11.2 Å².